The van der Waals surface area contributed by atoms with Crippen molar-refractivity contribution in [2.45, 2.75) is 70.8 Å². The van der Waals surface area contributed by atoms with Crippen molar-refractivity contribution >= 4 is 19.2 Å². The van der Waals surface area contributed by atoms with Crippen molar-refractivity contribution in [3.05, 3.63) is 24.5 Å². The number of nitrogens with one attached hydrogen (secondary N) is 4. The van der Waals surface area contributed by atoms with Crippen LogP contribution in [-0.4, -0.2) is 36.3 Å². The zero-order valence-electron chi connectivity index (χ0n) is 17.1. The first-order valence-electron chi connectivity index (χ1n) is 10.6. The van der Waals surface area contributed by atoms with Gasteiger partial charge in [-0.15, -0.1) is 0 Å². The second-order valence-electron chi connectivity index (χ2n) is 7.36. The molecule has 4 N–H and O–H groups in total. The van der Waals surface area contributed by atoms with Gasteiger partial charge in [-0.3, -0.25) is 15.0 Å². The lowest BCUT2D eigenvalue weighted by atomic mass is 9.96. The molecule has 1 aromatic rings. The lowest BCUT2D eigenvalue weighted by Crippen LogP contribution is -2.30. The normalized spacial score (nSPS) is 17.0. The summed E-state index contributed by atoms with van der Waals surface area (Å²) in [5.41, 5.74) is 0.852. The van der Waals surface area contributed by atoms with E-state index in [1.165, 1.54) is 19.3 Å². The van der Waals surface area contributed by atoms with Gasteiger partial charge in [-0.2, -0.15) is 0 Å². The van der Waals surface area contributed by atoms with E-state index < -0.39 is 7.52 Å². The molecule has 1 fully saturated rings. The zero-order chi connectivity index (χ0) is 20.1. The van der Waals surface area contributed by atoms with Gasteiger partial charge < -0.3 is 15.2 Å². The molecule has 7 nitrogen and oxygen atoms in total. The van der Waals surface area contributed by atoms with Crippen LogP contribution in [-0.2, 0) is 9.09 Å². The molecule has 0 radical (unpaired) electrons. The van der Waals surface area contributed by atoms with Crippen LogP contribution in [0.1, 0.15) is 64.7 Å². The van der Waals surface area contributed by atoms with E-state index in [4.69, 9.17) is 9.93 Å². The molecule has 0 bridgehead atoms. The van der Waals surface area contributed by atoms with Crippen LogP contribution in [0.4, 0.5) is 5.69 Å². The van der Waals surface area contributed by atoms with Gasteiger partial charge in [-0.1, -0.05) is 32.1 Å². The predicted octanol–water partition coefficient (Wildman–Crippen LogP) is 4.73. The number of hydrogen-bond donors (Lipinski definition) is 4. The third-order valence-corrected chi connectivity index (χ3v) is 7.29. The van der Waals surface area contributed by atoms with Crippen LogP contribution in [0.25, 0.3) is 0 Å². The van der Waals surface area contributed by atoms with Crippen molar-refractivity contribution < 1.29 is 9.09 Å². The fraction of sp³-hybridized carbons (Fsp3) is 0.700. The molecule has 0 aliphatic heterocycles. The molecule has 1 heterocycles. The van der Waals surface area contributed by atoms with E-state index in [2.05, 4.69) is 20.7 Å². The molecule has 1 atom stereocenters. The summed E-state index contributed by atoms with van der Waals surface area (Å²) >= 11 is 0. The van der Waals surface area contributed by atoms with Crippen LogP contribution in [0.5, 0.6) is 0 Å². The van der Waals surface area contributed by atoms with Gasteiger partial charge in [0.2, 0.25) is 0 Å². The van der Waals surface area contributed by atoms with E-state index in [0.29, 0.717) is 24.8 Å². The van der Waals surface area contributed by atoms with Crippen LogP contribution in [0.3, 0.4) is 0 Å². The Morgan fingerprint density at radius 2 is 1.89 bits per heavy atom. The Balaban J connectivity index is 1.56. The summed E-state index contributed by atoms with van der Waals surface area (Å²) in [6.45, 7) is 3.16. The third kappa shape index (κ3) is 9.18. The Labute approximate surface area is 169 Å². The Morgan fingerprint density at radius 3 is 2.61 bits per heavy atom. The van der Waals surface area contributed by atoms with E-state index in [-0.39, 0.29) is 0 Å². The van der Waals surface area contributed by atoms with Crippen LogP contribution in [0.15, 0.2) is 24.5 Å². The maximum Gasteiger partial charge on any atom is 0.270 e. The van der Waals surface area contributed by atoms with Crippen molar-refractivity contribution in [2.24, 2.45) is 0 Å². The lowest BCUT2D eigenvalue weighted by molar-refractivity contribution is 0.307. The highest BCUT2D eigenvalue weighted by molar-refractivity contribution is 7.56. The third-order valence-electron chi connectivity index (χ3n) is 4.95. The first-order valence-corrected chi connectivity index (χ1v) is 12.4. The first-order chi connectivity index (χ1) is 13.6. The molecular weight excluding hydrogens is 373 g/mol. The molecule has 0 aromatic carbocycles. The van der Waals surface area contributed by atoms with Crippen LogP contribution >= 0.6 is 7.52 Å². The summed E-state index contributed by atoms with van der Waals surface area (Å²) < 4.78 is 18.7. The molecule has 1 aliphatic rings. The topological polar surface area (TPSA) is 99.1 Å². The second kappa shape index (κ2) is 12.9. The SMILES string of the molecule is CCOP(=O)(CCCCCCNC(=N)Nc1ccncc1)NC1CCCCC1. The average molecular weight is 410 g/mol. The fourth-order valence-electron chi connectivity index (χ4n) is 3.52. The Kier molecular flexibility index (Phi) is 10.5. The van der Waals surface area contributed by atoms with Gasteiger partial charge in [0.05, 0.1) is 6.61 Å². The summed E-state index contributed by atoms with van der Waals surface area (Å²) in [6.07, 6.45) is 13.9. The molecule has 1 saturated carbocycles. The first kappa shape index (κ1) is 22.9. The molecular formula is C20H36N5O2P. The maximum atomic E-state index is 13.0. The summed E-state index contributed by atoms with van der Waals surface area (Å²) in [6, 6.07) is 4.01. The predicted molar refractivity (Wildman–Crippen MR) is 116 cm³/mol. The number of aromatic nitrogens is 1. The summed E-state index contributed by atoms with van der Waals surface area (Å²) in [4.78, 5) is 3.95. The van der Waals surface area contributed by atoms with Gasteiger partial charge in [0.1, 0.15) is 0 Å². The minimum atomic E-state index is -2.71. The van der Waals surface area contributed by atoms with Crippen molar-refractivity contribution in [1.82, 2.24) is 15.4 Å². The van der Waals surface area contributed by atoms with Crippen molar-refractivity contribution in [3.63, 3.8) is 0 Å². The van der Waals surface area contributed by atoms with Crippen LogP contribution < -0.4 is 15.7 Å². The number of hydrogen-bond acceptors (Lipinski definition) is 4. The standard InChI is InChI=1S/C20H36N5O2P/c1-2-27-28(26,25-19-10-6-5-7-11-19)17-9-4-3-8-14-23-20(21)24-18-12-15-22-16-13-18/h12-13,15-16,19H,2-11,14,17H2,1H3,(H,25,26)(H3,21,22,23,24). The molecule has 28 heavy (non-hydrogen) atoms. The highest BCUT2D eigenvalue weighted by Crippen LogP contribution is 2.45. The summed E-state index contributed by atoms with van der Waals surface area (Å²) in [7, 11) is -2.71. The molecule has 8 heteroatoms. The maximum absolute atomic E-state index is 13.0. The quantitative estimate of drug-likeness (QED) is 0.172. The zero-order valence-corrected chi connectivity index (χ0v) is 18.0. The summed E-state index contributed by atoms with van der Waals surface area (Å²) in [5.74, 6) is 0.295. The number of pyridine rings is 1. The highest BCUT2D eigenvalue weighted by Gasteiger charge is 2.26. The Bertz CT molecular complexity index is 608. The van der Waals surface area contributed by atoms with Gasteiger partial charge in [0.25, 0.3) is 7.52 Å². The molecule has 158 valence electrons. The Hall–Kier alpha value is -1.43. The average Bonchev–Trinajstić information content (AvgIpc) is 2.69. The van der Waals surface area contributed by atoms with E-state index in [0.717, 1.165) is 50.8 Å². The lowest BCUT2D eigenvalue weighted by Gasteiger charge is -2.28. The van der Waals surface area contributed by atoms with Crippen LogP contribution in [0, 0.1) is 5.41 Å². The van der Waals surface area contributed by atoms with E-state index in [9.17, 15) is 4.57 Å². The molecule has 1 aliphatic carbocycles. The van der Waals surface area contributed by atoms with Gasteiger partial charge in [0.15, 0.2) is 5.96 Å². The number of unbranched alkanes of at least 4 members (excludes halogenated alkanes) is 3. The number of nitrogens with zero attached hydrogens (tertiary/aromatic N) is 1. The molecule has 1 unspecified atom stereocenters. The number of guanidine groups is 1. The summed E-state index contributed by atoms with van der Waals surface area (Å²) in [5, 5.41) is 17.3. The molecule has 0 spiro atoms. The van der Waals surface area contributed by atoms with Gasteiger partial charge in [-0.05, 0) is 44.7 Å². The molecule has 0 saturated heterocycles. The largest absolute Gasteiger partial charge is 0.356 e. The van der Waals surface area contributed by atoms with Crippen LogP contribution in [0.2, 0.25) is 0 Å². The van der Waals surface area contributed by atoms with E-state index >= 15 is 0 Å². The molecule has 1 aromatic heterocycles. The minimum Gasteiger partial charge on any atom is -0.356 e. The monoisotopic (exact) mass is 409 g/mol. The van der Waals surface area contributed by atoms with E-state index in [1.54, 1.807) is 12.4 Å². The number of anilines is 1. The van der Waals surface area contributed by atoms with Gasteiger partial charge >= 0.3 is 0 Å². The second-order valence-corrected chi connectivity index (χ2v) is 9.67. The van der Waals surface area contributed by atoms with Crippen molar-refractivity contribution in [2.75, 3.05) is 24.6 Å². The van der Waals surface area contributed by atoms with Gasteiger partial charge in [0, 0.05) is 36.8 Å². The van der Waals surface area contributed by atoms with Crippen molar-refractivity contribution in [3.8, 4) is 0 Å². The van der Waals surface area contributed by atoms with Crippen molar-refractivity contribution in [1.29, 1.82) is 5.41 Å². The minimum absolute atomic E-state index is 0.295. The Morgan fingerprint density at radius 1 is 1.18 bits per heavy atom. The molecule has 2 rings (SSSR count). The van der Waals surface area contributed by atoms with E-state index in [1.807, 2.05) is 19.1 Å². The molecule has 0 amide bonds. The smallest absolute Gasteiger partial charge is 0.270 e. The highest BCUT2D eigenvalue weighted by atomic mass is 31.2. The fourth-order valence-corrected chi connectivity index (χ4v) is 5.72. The number of rotatable bonds is 12. The van der Waals surface area contributed by atoms with Gasteiger partial charge in [-0.25, -0.2) is 5.09 Å².